The second-order valence-electron chi connectivity index (χ2n) is 5.86. The Bertz CT molecular complexity index is 813. The van der Waals surface area contributed by atoms with E-state index < -0.39 is 0 Å². The molecule has 0 amide bonds. The number of H-pyrrole nitrogens is 1. The molecule has 0 bridgehead atoms. The van der Waals surface area contributed by atoms with Crippen molar-refractivity contribution in [2.75, 3.05) is 6.54 Å². The Labute approximate surface area is 134 Å². The number of aryl methyl sites for hydroxylation is 1. The maximum absolute atomic E-state index is 12.4. The lowest BCUT2D eigenvalue weighted by molar-refractivity contribution is 0.422. The van der Waals surface area contributed by atoms with Crippen LogP contribution in [0, 0.1) is 11.3 Å². The molecule has 0 aromatic carbocycles. The average Bonchev–Trinajstić information content (AvgIpc) is 3.03. The van der Waals surface area contributed by atoms with E-state index in [-0.39, 0.29) is 17.0 Å². The van der Waals surface area contributed by atoms with Gasteiger partial charge in [-0.3, -0.25) is 4.79 Å². The van der Waals surface area contributed by atoms with Crippen LogP contribution in [0.1, 0.15) is 55.1 Å². The highest BCUT2D eigenvalue weighted by atomic mass is 16.5. The van der Waals surface area contributed by atoms with E-state index in [0.29, 0.717) is 17.9 Å². The molecule has 0 saturated heterocycles. The van der Waals surface area contributed by atoms with Crippen molar-refractivity contribution >= 4 is 0 Å². The summed E-state index contributed by atoms with van der Waals surface area (Å²) < 4.78 is 5.42. The van der Waals surface area contributed by atoms with Gasteiger partial charge in [-0.25, -0.2) is 0 Å². The molecule has 23 heavy (non-hydrogen) atoms. The van der Waals surface area contributed by atoms with Gasteiger partial charge in [-0.1, -0.05) is 25.4 Å². The van der Waals surface area contributed by atoms with E-state index in [1.807, 2.05) is 19.1 Å². The van der Waals surface area contributed by atoms with Crippen molar-refractivity contribution in [3.05, 3.63) is 38.9 Å². The largest absolute Gasteiger partial charge is 0.356 e. The van der Waals surface area contributed by atoms with Gasteiger partial charge in [-0.15, -0.1) is 0 Å². The maximum atomic E-state index is 12.4. The summed E-state index contributed by atoms with van der Waals surface area (Å²) in [6, 6.07) is 3.85. The van der Waals surface area contributed by atoms with Crippen LogP contribution in [0.15, 0.2) is 15.4 Å². The normalized spacial score (nSPS) is 16.8. The first kappa shape index (κ1) is 15.5. The first-order valence-electron chi connectivity index (χ1n) is 8.05. The number of aromatic amines is 1. The van der Waals surface area contributed by atoms with Crippen molar-refractivity contribution in [1.29, 1.82) is 5.26 Å². The fourth-order valence-electron chi connectivity index (χ4n) is 3.23. The summed E-state index contributed by atoms with van der Waals surface area (Å²) in [5.41, 5.74) is 3.03. The van der Waals surface area contributed by atoms with Gasteiger partial charge in [-0.05, 0) is 18.4 Å². The van der Waals surface area contributed by atoms with Crippen molar-refractivity contribution in [3.63, 3.8) is 0 Å². The van der Waals surface area contributed by atoms with Gasteiger partial charge >= 0.3 is 0 Å². The standard InChI is InChI=1S/C17H20N4O2/c1-3-5-10-8-19-9-13-15(14-6-11(4-2)21-23-14)12(7-18)17(22)20-16(10)13/h6,10,19H,3-5,8-9H2,1-2H3,(H,20,22). The van der Waals surface area contributed by atoms with Gasteiger partial charge in [0, 0.05) is 36.3 Å². The highest BCUT2D eigenvalue weighted by Crippen LogP contribution is 2.34. The number of rotatable bonds is 4. The Morgan fingerprint density at radius 3 is 2.96 bits per heavy atom. The lowest BCUT2D eigenvalue weighted by Crippen LogP contribution is -2.32. The Hall–Kier alpha value is -2.39. The van der Waals surface area contributed by atoms with E-state index in [0.717, 1.165) is 42.8 Å². The van der Waals surface area contributed by atoms with Gasteiger partial charge in [0.05, 0.1) is 5.69 Å². The molecule has 2 aromatic rings. The third-order valence-electron chi connectivity index (χ3n) is 4.37. The van der Waals surface area contributed by atoms with Crippen molar-refractivity contribution < 1.29 is 4.52 Å². The lowest BCUT2D eigenvalue weighted by atomic mass is 9.87. The molecule has 2 aromatic heterocycles. The molecule has 1 atom stereocenters. The van der Waals surface area contributed by atoms with Crippen LogP contribution in [0.5, 0.6) is 0 Å². The topological polar surface area (TPSA) is 94.7 Å². The van der Waals surface area contributed by atoms with Gasteiger partial charge < -0.3 is 14.8 Å². The fourth-order valence-corrected chi connectivity index (χ4v) is 3.23. The zero-order valence-electron chi connectivity index (χ0n) is 13.4. The minimum atomic E-state index is -0.348. The number of pyridine rings is 1. The summed E-state index contributed by atoms with van der Waals surface area (Å²) in [4.78, 5) is 15.3. The van der Waals surface area contributed by atoms with Crippen LogP contribution < -0.4 is 10.9 Å². The van der Waals surface area contributed by atoms with E-state index in [1.54, 1.807) is 0 Å². The number of nitrogens with one attached hydrogen (secondary N) is 2. The monoisotopic (exact) mass is 312 g/mol. The molecule has 3 rings (SSSR count). The van der Waals surface area contributed by atoms with Gasteiger partial charge in [0.2, 0.25) is 0 Å². The zero-order valence-corrected chi connectivity index (χ0v) is 13.4. The van der Waals surface area contributed by atoms with Gasteiger partial charge in [-0.2, -0.15) is 5.26 Å². The predicted octanol–water partition coefficient (Wildman–Crippen LogP) is 2.45. The number of fused-ring (bicyclic) bond motifs is 1. The summed E-state index contributed by atoms with van der Waals surface area (Å²) in [5, 5.41) is 16.8. The smallest absolute Gasteiger partial charge is 0.266 e. The molecule has 0 saturated carbocycles. The van der Waals surface area contributed by atoms with E-state index in [4.69, 9.17) is 4.52 Å². The first-order chi connectivity index (χ1) is 11.2. The second-order valence-corrected chi connectivity index (χ2v) is 5.86. The van der Waals surface area contributed by atoms with Crippen LogP contribution >= 0.6 is 0 Å². The maximum Gasteiger partial charge on any atom is 0.266 e. The molecule has 1 unspecified atom stereocenters. The minimum Gasteiger partial charge on any atom is -0.356 e. The van der Waals surface area contributed by atoms with Crippen molar-refractivity contribution in [3.8, 4) is 17.4 Å². The number of hydrogen-bond donors (Lipinski definition) is 2. The summed E-state index contributed by atoms with van der Waals surface area (Å²) in [5.74, 6) is 0.746. The van der Waals surface area contributed by atoms with Crippen LogP contribution in [-0.4, -0.2) is 16.7 Å². The Morgan fingerprint density at radius 1 is 1.48 bits per heavy atom. The summed E-state index contributed by atoms with van der Waals surface area (Å²) in [6.07, 6.45) is 2.76. The highest BCUT2D eigenvalue weighted by molar-refractivity contribution is 5.71. The molecule has 0 spiro atoms. The van der Waals surface area contributed by atoms with Crippen molar-refractivity contribution in [1.82, 2.24) is 15.5 Å². The zero-order chi connectivity index (χ0) is 16.4. The minimum absolute atomic E-state index is 0.0986. The van der Waals surface area contributed by atoms with Gasteiger partial charge in [0.25, 0.3) is 5.56 Å². The molecule has 120 valence electrons. The van der Waals surface area contributed by atoms with Crippen LogP contribution in [0.25, 0.3) is 11.3 Å². The third-order valence-corrected chi connectivity index (χ3v) is 4.37. The molecule has 0 radical (unpaired) electrons. The summed E-state index contributed by atoms with van der Waals surface area (Å²) >= 11 is 0. The van der Waals surface area contributed by atoms with Crippen LogP contribution in [0.4, 0.5) is 0 Å². The molecule has 1 aliphatic rings. The molecule has 1 aliphatic heterocycles. The van der Waals surface area contributed by atoms with Crippen molar-refractivity contribution in [2.24, 2.45) is 0 Å². The molecule has 6 heteroatoms. The van der Waals surface area contributed by atoms with E-state index in [2.05, 4.69) is 22.4 Å². The molecule has 0 fully saturated rings. The number of aromatic nitrogens is 2. The van der Waals surface area contributed by atoms with Crippen LogP contribution in [-0.2, 0) is 13.0 Å². The second kappa shape index (κ2) is 6.39. The van der Waals surface area contributed by atoms with E-state index in [1.165, 1.54) is 0 Å². The molecular formula is C17H20N4O2. The van der Waals surface area contributed by atoms with Crippen molar-refractivity contribution in [2.45, 2.75) is 45.6 Å². The molecule has 6 nitrogen and oxygen atoms in total. The Kier molecular flexibility index (Phi) is 4.30. The predicted molar refractivity (Wildman–Crippen MR) is 86.0 cm³/mol. The average molecular weight is 312 g/mol. The van der Waals surface area contributed by atoms with Crippen LogP contribution in [0.3, 0.4) is 0 Å². The van der Waals surface area contributed by atoms with Crippen LogP contribution in [0.2, 0.25) is 0 Å². The number of nitriles is 1. The SMILES string of the molecule is CCCC1CNCc2c1[nH]c(=O)c(C#N)c2-c1cc(CC)no1. The lowest BCUT2D eigenvalue weighted by Gasteiger charge is -2.27. The Balaban J connectivity index is 2.24. The molecule has 0 aliphatic carbocycles. The first-order valence-corrected chi connectivity index (χ1v) is 8.05. The van der Waals surface area contributed by atoms with E-state index >= 15 is 0 Å². The third kappa shape index (κ3) is 2.68. The van der Waals surface area contributed by atoms with E-state index in [9.17, 15) is 10.1 Å². The summed E-state index contributed by atoms with van der Waals surface area (Å²) in [7, 11) is 0. The highest BCUT2D eigenvalue weighted by Gasteiger charge is 2.28. The quantitative estimate of drug-likeness (QED) is 0.904. The number of nitrogens with zero attached hydrogens (tertiary/aromatic N) is 2. The number of hydrogen-bond acceptors (Lipinski definition) is 5. The molecule has 3 heterocycles. The molecule has 2 N–H and O–H groups in total. The molecular weight excluding hydrogens is 292 g/mol. The van der Waals surface area contributed by atoms with Gasteiger partial charge in [0.15, 0.2) is 5.76 Å². The Morgan fingerprint density at radius 2 is 2.30 bits per heavy atom. The van der Waals surface area contributed by atoms with Gasteiger partial charge in [0.1, 0.15) is 11.6 Å². The summed E-state index contributed by atoms with van der Waals surface area (Å²) in [6.45, 7) is 5.55. The fraction of sp³-hybridized carbons (Fsp3) is 0.471.